The maximum Gasteiger partial charge on any atom is 0.416 e. The quantitative estimate of drug-likeness (QED) is 0.583. The molecule has 0 unspecified atom stereocenters. The average Bonchev–Trinajstić information content (AvgIpc) is 2.64. The molecule has 0 atom stereocenters. The first kappa shape index (κ1) is 23.3. The lowest BCUT2D eigenvalue weighted by Gasteiger charge is -2.38. The Balaban J connectivity index is 1.92. The predicted molar refractivity (Wildman–Crippen MR) is 110 cm³/mol. The van der Waals surface area contributed by atoms with Crippen molar-refractivity contribution >= 4 is 21.5 Å². The standard InChI is InChI=1S/C19H29F3N4O2S/c1-18(2,3)29(27,28)13-8-24-17(23-4)26-11-9-25(10-12-26)16-7-5-6-15(14-16)19(20,21)22/h5-7,14H,8-13H2,1-4H3,(H,23,24). The molecule has 2 rings (SSSR count). The average molecular weight is 435 g/mol. The van der Waals surface area contributed by atoms with Gasteiger partial charge in [-0.15, -0.1) is 0 Å². The van der Waals surface area contributed by atoms with E-state index in [-0.39, 0.29) is 12.3 Å². The van der Waals surface area contributed by atoms with E-state index >= 15 is 0 Å². The lowest BCUT2D eigenvalue weighted by atomic mass is 10.1. The number of guanidine groups is 1. The number of halogens is 3. The highest BCUT2D eigenvalue weighted by Gasteiger charge is 2.31. The number of nitrogens with zero attached hydrogens (tertiary/aromatic N) is 3. The van der Waals surface area contributed by atoms with Gasteiger partial charge in [0.25, 0.3) is 0 Å². The molecule has 1 heterocycles. The highest BCUT2D eigenvalue weighted by Crippen LogP contribution is 2.31. The number of hydrogen-bond acceptors (Lipinski definition) is 4. The number of benzene rings is 1. The van der Waals surface area contributed by atoms with Gasteiger partial charge < -0.3 is 15.1 Å². The van der Waals surface area contributed by atoms with Crippen molar-refractivity contribution in [2.75, 3.05) is 50.4 Å². The molecule has 1 aromatic rings. The molecule has 1 saturated heterocycles. The summed E-state index contributed by atoms with van der Waals surface area (Å²) in [6, 6.07) is 5.33. The summed E-state index contributed by atoms with van der Waals surface area (Å²) < 4.78 is 62.4. The smallest absolute Gasteiger partial charge is 0.368 e. The van der Waals surface area contributed by atoms with E-state index in [0.29, 0.717) is 37.8 Å². The van der Waals surface area contributed by atoms with Crippen LogP contribution in [0.25, 0.3) is 0 Å². The molecular weight excluding hydrogens is 405 g/mol. The van der Waals surface area contributed by atoms with Crippen LogP contribution < -0.4 is 10.2 Å². The van der Waals surface area contributed by atoms with Crippen LogP contribution in [0.1, 0.15) is 26.3 Å². The molecule has 0 spiro atoms. The largest absolute Gasteiger partial charge is 0.416 e. The first-order valence-corrected chi connectivity index (χ1v) is 11.1. The van der Waals surface area contributed by atoms with Crippen molar-refractivity contribution in [1.82, 2.24) is 10.2 Å². The maximum absolute atomic E-state index is 12.9. The van der Waals surface area contributed by atoms with Crippen LogP contribution in [0.3, 0.4) is 0 Å². The zero-order chi connectivity index (χ0) is 21.9. The Morgan fingerprint density at radius 2 is 1.76 bits per heavy atom. The number of alkyl halides is 3. The fourth-order valence-corrected chi connectivity index (χ4v) is 3.97. The van der Waals surface area contributed by atoms with Crippen LogP contribution in [-0.2, 0) is 16.0 Å². The number of hydrogen-bond donors (Lipinski definition) is 1. The maximum atomic E-state index is 12.9. The monoisotopic (exact) mass is 434 g/mol. The van der Waals surface area contributed by atoms with Crippen LogP contribution in [0.5, 0.6) is 0 Å². The molecule has 0 bridgehead atoms. The van der Waals surface area contributed by atoms with E-state index in [4.69, 9.17) is 0 Å². The zero-order valence-electron chi connectivity index (χ0n) is 17.3. The molecule has 1 aromatic carbocycles. The third kappa shape index (κ3) is 6.01. The minimum absolute atomic E-state index is 0.000278. The summed E-state index contributed by atoms with van der Waals surface area (Å²) in [5.41, 5.74) is -0.117. The van der Waals surface area contributed by atoms with Gasteiger partial charge in [0.05, 0.1) is 16.1 Å². The van der Waals surface area contributed by atoms with Gasteiger partial charge in [-0.3, -0.25) is 4.99 Å². The predicted octanol–water partition coefficient (Wildman–Crippen LogP) is 2.62. The molecule has 0 aliphatic carbocycles. The molecule has 29 heavy (non-hydrogen) atoms. The van der Waals surface area contributed by atoms with Crippen molar-refractivity contribution in [2.45, 2.75) is 31.7 Å². The normalized spacial score (nSPS) is 16.9. The number of aliphatic imine (C=N–C) groups is 1. The summed E-state index contributed by atoms with van der Waals surface area (Å²) in [4.78, 5) is 8.09. The number of piperazine rings is 1. The first-order chi connectivity index (χ1) is 13.3. The molecule has 1 aliphatic rings. The second-order valence-corrected chi connectivity index (χ2v) is 10.8. The molecule has 10 heteroatoms. The Bertz CT molecular complexity index is 825. The van der Waals surface area contributed by atoms with Gasteiger partial charge in [0.1, 0.15) is 0 Å². The number of nitrogens with one attached hydrogen (secondary N) is 1. The van der Waals surface area contributed by atoms with Crippen LogP contribution in [0.15, 0.2) is 29.3 Å². The molecule has 1 aliphatic heterocycles. The Morgan fingerprint density at radius 1 is 1.14 bits per heavy atom. The number of anilines is 1. The van der Waals surface area contributed by atoms with Crippen molar-refractivity contribution in [2.24, 2.45) is 4.99 Å². The molecule has 6 nitrogen and oxygen atoms in total. The second kappa shape index (κ2) is 8.81. The van der Waals surface area contributed by atoms with Gasteiger partial charge in [0.15, 0.2) is 15.8 Å². The van der Waals surface area contributed by atoms with Gasteiger partial charge in [-0.2, -0.15) is 13.2 Å². The molecule has 0 radical (unpaired) electrons. The van der Waals surface area contributed by atoms with Crippen molar-refractivity contribution in [1.29, 1.82) is 0 Å². The van der Waals surface area contributed by atoms with Gasteiger partial charge in [-0.1, -0.05) is 6.07 Å². The summed E-state index contributed by atoms with van der Waals surface area (Å²) in [6.07, 6.45) is -4.36. The molecule has 1 fully saturated rings. The van der Waals surface area contributed by atoms with Crippen molar-refractivity contribution in [3.63, 3.8) is 0 Å². The van der Waals surface area contributed by atoms with E-state index in [9.17, 15) is 21.6 Å². The van der Waals surface area contributed by atoms with Crippen LogP contribution >= 0.6 is 0 Å². The van der Waals surface area contributed by atoms with Gasteiger partial charge in [0.2, 0.25) is 0 Å². The third-order valence-corrected chi connectivity index (χ3v) is 7.52. The fraction of sp³-hybridized carbons (Fsp3) is 0.632. The summed E-state index contributed by atoms with van der Waals surface area (Å²) in [6.45, 7) is 7.49. The highest BCUT2D eigenvalue weighted by atomic mass is 32.2. The molecule has 0 saturated carbocycles. The van der Waals surface area contributed by atoms with E-state index in [0.717, 1.165) is 6.07 Å². The zero-order valence-corrected chi connectivity index (χ0v) is 18.1. The van der Waals surface area contributed by atoms with Crippen LogP contribution in [0.2, 0.25) is 0 Å². The van der Waals surface area contributed by atoms with E-state index in [2.05, 4.69) is 10.3 Å². The highest BCUT2D eigenvalue weighted by molar-refractivity contribution is 7.92. The second-order valence-electron chi connectivity index (χ2n) is 7.93. The Labute approximate surface area is 170 Å². The third-order valence-electron chi connectivity index (χ3n) is 4.92. The summed E-state index contributed by atoms with van der Waals surface area (Å²) >= 11 is 0. The molecule has 1 N–H and O–H groups in total. The van der Waals surface area contributed by atoms with E-state index in [1.807, 2.05) is 9.80 Å². The van der Waals surface area contributed by atoms with Gasteiger partial charge in [0, 0.05) is 45.5 Å². The van der Waals surface area contributed by atoms with Crippen molar-refractivity contribution in [3.8, 4) is 0 Å². The summed E-state index contributed by atoms with van der Waals surface area (Å²) in [7, 11) is -1.60. The minimum atomic E-state index is -4.36. The Morgan fingerprint density at radius 3 is 2.28 bits per heavy atom. The van der Waals surface area contributed by atoms with E-state index in [1.165, 1.54) is 12.1 Å². The Kier molecular flexibility index (Phi) is 7.08. The van der Waals surface area contributed by atoms with E-state index in [1.54, 1.807) is 33.9 Å². The van der Waals surface area contributed by atoms with Gasteiger partial charge >= 0.3 is 6.18 Å². The molecular formula is C19H29F3N4O2S. The van der Waals surface area contributed by atoms with Crippen molar-refractivity contribution in [3.05, 3.63) is 29.8 Å². The Hall–Kier alpha value is -1.97. The summed E-state index contributed by atoms with van der Waals surface area (Å²) in [5, 5.41) is 3.08. The topological polar surface area (TPSA) is 65.0 Å². The van der Waals surface area contributed by atoms with Crippen molar-refractivity contribution < 1.29 is 21.6 Å². The molecule has 0 amide bonds. The number of sulfone groups is 1. The molecule has 0 aromatic heterocycles. The fourth-order valence-electron chi connectivity index (χ4n) is 2.99. The minimum Gasteiger partial charge on any atom is -0.368 e. The number of rotatable bonds is 4. The first-order valence-electron chi connectivity index (χ1n) is 9.45. The SMILES string of the molecule is CN=C(NCCS(=O)(=O)C(C)(C)C)N1CCN(c2cccc(C(F)(F)F)c2)CC1. The molecule has 164 valence electrons. The van der Waals surface area contributed by atoms with Gasteiger partial charge in [-0.05, 0) is 39.0 Å². The summed E-state index contributed by atoms with van der Waals surface area (Å²) in [5.74, 6) is 0.595. The van der Waals surface area contributed by atoms with Crippen LogP contribution in [0, 0.1) is 0 Å². The van der Waals surface area contributed by atoms with E-state index < -0.39 is 26.3 Å². The lowest BCUT2D eigenvalue weighted by Crippen LogP contribution is -2.53. The van der Waals surface area contributed by atoms with Gasteiger partial charge in [-0.25, -0.2) is 8.42 Å². The lowest BCUT2D eigenvalue weighted by molar-refractivity contribution is -0.137. The van der Waals surface area contributed by atoms with Crippen LogP contribution in [-0.4, -0.2) is 69.5 Å². The van der Waals surface area contributed by atoms with Crippen LogP contribution in [0.4, 0.5) is 18.9 Å².